The summed E-state index contributed by atoms with van der Waals surface area (Å²) in [5, 5.41) is 3.90. The molecule has 1 aromatic rings. The first kappa shape index (κ1) is 16.2. The van der Waals surface area contributed by atoms with Gasteiger partial charge < -0.3 is 4.74 Å². The van der Waals surface area contributed by atoms with Crippen molar-refractivity contribution >= 4 is 12.1 Å². The lowest BCUT2D eigenvalue weighted by Gasteiger charge is -2.14. The normalized spacial score (nSPS) is 12.7. The van der Waals surface area contributed by atoms with Crippen LogP contribution in [0, 0.1) is 19.8 Å². The van der Waals surface area contributed by atoms with Crippen molar-refractivity contribution in [3.05, 3.63) is 29.3 Å². The molecule has 0 bridgehead atoms. The molecule has 0 aliphatic carbocycles. The van der Waals surface area contributed by atoms with Gasteiger partial charge in [0.15, 0.2) is 6.10 Å². The molecule has 1 N–H and O–H groups in total. The number of nitrogens with one attached hydrogen (secondary N) is 1. The summed E-state index contributed by atoms with van der Waals surface area (Å²) in [5.41, 5.74) is 4.72. The van der Waals surface area contributed by atoms with Crippen LogP contribution in [0.15, 0.2) is 23.3 Å². The Morgan fingerprint density at radius 3 is 2.40 bits per heavy atom. The van der Waals surface area contributed by atoms with E-state index in [4.69, 9.17) is 4.74 Å². The van der Waals surface area contributed by atoms with Crippen LogP contribution in [0.4, 0.5) is 0 Å². The van der Waals surface area contributed by atoms with E-state index in [9.17, 15) is 4.79 Å². The smallest absolute Gasteiger partial charge is 0.280 e. The van der Waals surface area contributed by atoms with Crippen LogP contribution in [0.2, 0.25) is 0 Å². The number of rotatable bonds is 6. The van der Waals surface area contributed by atoms with Gasteiger partial charge in [-0.3, -0.25) is 4.79 Å². The Labute approximate surface area is 121 Å². The first-order chi connectivity index (χ1) is 9.38. The number of hydrogen-bond acceptors (Lipinski definition) is 3. The van der Waals surface area contributed by atoms with E-state index in [0.29, 0.717) is 11.7 Å². The lowest BCUT2D eigenvalue weighted by atomic mass is 10.1. The number of aryl methyl sites for hydroxylation is 2. The molecule has 0 fully saturated rings. The summed E-state index contributed by atoms with van der Waals surface area (Å²) in [6.07, 6.45) is 1.98. The molecule has 110 valence electrons. The second-order valence-corrected chi connectivity index (χ2v) is 5.50. The maximum absolute atomic E-state index is 11.8. The molecule has 0 aliphatic heterocycles. The average molecular weight is 276 g/mol. The molecular weight excluding hydrogens is 252 g/mol. The van der Waals surface area contributed by atoms with Crippen LogP contribution < -0.4 is 10.2 Å². The number of hydrazone groups is 1. The van der Waals surface area contributed by atoms with E-state index in [-0.39, 0.29) is 5.91 Å². The van der Waals surface area contributed by atoms with Crippen LogP contribution in [0.25, 0.3) is 0 Å². The van der Waals surface area contributed by atoms with Gasteiger partial charge in [-0.05, 0) is 56.4 Å². The van der Waals surface area contributed by atoms with Crippen LogP contribution in [0.3, 0.4) is 0 Å². The number of amides is 1. The van der Waals surface area contributed by atoms with Crippen LogP contribution >= 0.6 is 0 Å². The number of ether oxygens (including phenoxy) is 1. The van der Waals surface area contributed by atoms with Crippen LogP contribution in [-0.4, -0.2) is 18.2 Å². The molecule has 0 spiro atoms. The second kappa shape index (κ2) is 7.68. The third kappa shape index (κ3) is 5.87. The van der Waals surface area contributed by atoms with Crippen molar-refractivity contribution in [1.82, 2.24) is 5.43 Å². The minimum absolute atomic E-state index is 0.246. The Hall–Kier alpha value is -1.84. The highest BCUT2D eigenvalue weighted by Gasteiger charge is 2.14. The summed E-state index contributed by atoms with van der Waals surface area (Å²) < 4.78 is 5.63. The minimum atomic E-state index is -0.576. The fraction of sp³-hybridized carbons (Fsp3) is 0.500. The van der Waals surface area contributed by atoms with Crippen molar-refractivity contribution in [2.24, 2.45) is 11.0 Å². The molecule has 1 aromatic carbocycles. The number of carbonyl (C=O) groups excluding carboxylic acids is 1. The largest absolute Gasteiger partial charge is 0.481 e. The Bertz CT molecular complexity index is 461. The van der Waals surface area contributed by atoms with E-state index in [1.165, 1.54) is 0 Å². The third-order valence-electron chi connectivity index (χ3n) is 2.72. The molecule has 0 aliphatic rings. The molecule has 1 amide bonds. The van der Waals surface area contributed by atoms with Gasteiger partial charge in [-0.25, -0.2) is 5.43 Å². The fourth-order valence-corrected chi connectivity index (χ4v) is 1.72. The zero-order valence-electron chi connectivity index (χ0n) is 12.9. The van der Waals surface area contributed by atoms with E-state index >= 15 is 0 Å². The lowest BCUT2D eigenvalue weighted by Crippen LogP contribution is -2.33. The van der Waals surface area contributed by atoms with Crippen molar-refractivity contribution in [3.8, 4) is 5.75 Å². The molecular formula is C16H24N2O2. The van der Waals surface area contributed by atoms with Crippen molar-refractivity contribution in [2.75, 3.05) is 0 Å². The van der Waals surface area contributed by atoms with Gasteiger partial charge in [0.2, 0.25) is 0 Å². The topological polar surface area (TPSA) is 50.7 Å². The van der Waals surface area contributed by atoms with E-state index in [0.717, 1.165) is 17.5 Å². The van der Waals surface area contributed by atoms with Crippen LogP contribution in [0.1, 0.15) is 38.3 Å². The second-order valence-electron chi connectivity index (χ2n) is 5.50. The Balaban J connectivity index is 2.51. The lowest BCUT2D eigenvalue weighted by molar-refractivity contribution is -0.127. The zero-order chi connectivity index (χ0) is 15.1. The number of benzene rings is 1. The highest BCUT2D eigenvalue weighted by Crippen LogP contribution is 2.17. The molecule has 0 radical (unpaired) electrons. The van der Waals surface area contributed by atoms with Gasteiger partial charge in [0, 0.05) is 6.21 Å². The summed E-state index contributed by atoms with van der Waals surface area (Å²) in [7, 11) is 0. The van der Waals surface area contributed by atoms with Crippen molar-refractivity contribution in [2.45, 2.75) is 47.1 Å². The van der Waals surface area contributed by atoms with E-state index in [1.54, 1.807) is 13.1 Å². The Kier molecular flexibility index (Phi) is 6.22. The highest BCUT2D eigenvalue weighted by atomic mass is 16.5. The molecule has 0 saturated carbocycles. The van der Waals surface area contributed by atoms with Gasteiger partial charge in [-0.2, -0.15) is 5.10 Å². The van der Waals surface area contributed by atoms with Gasteiger partial charge in [0.05, 0.1) is 0 Å². The minimum Gasteiger partial charge on any atom is -0.481 e. The summed E-state index contributed by atoms with van der Waals surface area (Å²) >= 11 is 0. The molecule has 0 aromatic heterocycles. The molecule has 0 unspecified atom stereocenters. The maximum atomic E-state index is 11.8. The fourth-order valence-electron chi connectivity index (χ4n) is 1.72. The first-order valence-corrected chi connectivity index (χ1v) is 6.95. The summed E-state index contributed by atoms with van der Waals surface area (Å²) in [6.45, 7) is 9.91. The van der Waals surface area contributed by atoms with Crippen molar-refractivity contribution < 1.29 is 9.53 Å². The van der Waals surface area contributed by atoms with Crippen LogP contribution in [0.5, 0.6) is 5.75 Å². The maximum Gasteiger partial charge on any atom is 0.280 e. The number of nitrogens with zero attached hydrogens (tertiary/aromatic N) is 1. The molecule has 4 heteroatoms. The summed E-state index contributed by atoms with van der Waals surface area (Å²) in [5.74, 6) is 0.986. The van der Waals surface area contributed by atoms with Crippen molar-refractivity contribution in [1.29, 1.82) is 0 Å². The van der Waals surface area contributed by atoms with E-state index < -0.39 is 6.10 Å². The van der Waals surface area contributed by atoms with E-state index in [2.05, 4.69) is 30.4 Å². The molecule has 4 nitrogen and oxygen atoms in total. The summed E-state index contributed by atoms with van der Waals surface area (Å²) in [6, 6.07) is 5.89. The SMILES string of the molecule is Cc1cc(C)cc(O[C@@H](C)C(=O)N/N=C/CC(C)C)c1. The molecule has 1 atom stereocenters. The van der Waals surface area contributed by atoms with Gasteiger partial charge in [-0.15, -0.1) is 0 Å². The predicted octanol–water partition coefficient (Wildman–Crippen LogP) is 3.22. The molecule has 0 heterocycles. The van der Waals surface area contributed by atoms with E-state index in [1.807, 2.05) is 26.0 Å². The quantitative estimate of drug-likeness (QED) is 0.640. The molecule has 1 rings (SSSR count). The summed E-state index contributed by atoms with van der Waals surface area (Å²) in [4.78, 5) is 11.8. The Morgan fingerprint density at radius 1 is 1.25 bits per heavy atom. The number of carbonyl (C=O) groups is 1. The third-order valence-corrected chi connectivity index (χ3v) is 2.72. The monoisotopic (exact) mass is 276 g/mol. The number of hydrogen-bond donors (Lipinski definition) is 1. The average Bonchev–Trinajstić information content (AvgIpc) is 2.32. The predicted molar refractivity (Wildman–Crippen MR) is 82.1 cm³/mol. The van der Waals surface area contributed by atoms with Gasteiger partial charge in [0.1, 0.15) is 5.75 Å². The first-order valence-electron chi connectivity index (χ1n) is 6.95. The highest BCUT2D eigenvalue weighted by molar-refractivity contribution is 5.81. The van der Waals surface area contributed by atoms with Gasteiger partial charge >= 0.3 is 0 Å². The van der Waals surface area contributed by atoms with Gasteiger partial charge in [-0.1, -0.05) is 19.9 Å². The Morgan fingerprint density at radius 2 is 1.85 bits per heavy atom. The molecule has 20 heavy (non-hydrogen) atoms. The van der Waals surface area contributed by atoms with Crippen LogP contribution in [-0.2, 0) is 4.79 Å². The van der Waals surface area contributed by atoms with Crippen molar-refractivity contribution in [3.63, 3.8) is 0 Å². The molecule has 0 saturated heterocycles. The van der Waals surface area contributed by atoms with Gasteiger partial charge in [0.25, 0.3) is 5.91 Å². The standard InChI is InChI=1S/C16H24N2O2/c1-11(2)6-7-17-18-16(19)14(5)20-15-9-12(3)8-13(4)10-15/h7-11,14H,6H2,1-5H3,(H,18,19)/b17-7+/t14-/m0/s1. The zero-order valence-corrected chi connectivity index (χ0v) is 12.9.